The minimum Gasteiger partial charge on any atom is -0.497 e. The molecule has 1 amide bonds. The summed E-state index contributed by atoms with van der Waals surface area (Å²) in [5.41, 5.74) is 0.582. The normalized spacial score (nSPS) is 18.5. The number of carbonyl (C=O) groups excluding carboxylic acids is 1. The number of sulfonamides is 1. The van der Waals surface area contributed by atoms with E-state index >= 15 is 0 Å². The van der Waals surface area contributed by atoms with Crippen LogP contribution < -0.4 is 9.46 Å². The second-order valence-electron chi connectivity index (χ2n) is 6.10. The number of aryl methyl sites for hydroxylation is 1. The van der Waals surface area contributed by atoms with Crippen LogP contribution in [-0.2, 0) is 14.8 Å². The first-order valence-corrected chi connectivity index (χ1v) is 9.81. The summed E-state index contributed by atoms with van der Waals surface area (Å²) in [6.07, 6.45) is 3.99. The van der Waals surface area contributed by atoms with Crippen LogP contribution >= 0.6 is 0 Å². The lowest BCUT2D eigenvalue weighted by Crippen LogP contribution is -2.47. The van der Waals surface area contributed by atoms with Crippen molar-refractivity contribution in [1.29, 1.82) is 0 Å². The van der Waals surface area contributed by atoms with Gasteiger partial charge in [-0.25, -0.2) is 13.1 Å². The SMILES string of the molecule is CCC1CCCCN1C(=O)CNS(=O)(=O)c1ccc(OC)cc1C. The van der Waals surface area contributed by atoms with Gasteiger partial charge in [0.25, 0.3) is 0 Å². The minimum atomic E-state index is -3.73. The first-order valence-electron chi connectivity index (χ1n) is 8.32. The molecule has 24 heavy (non-hydrogen) atoms. The Hall–Kier alpha value is -1.60. The van der Waals surface area contributed by atoms with E-state index in [4.69, 9.17) is 4.74 Å². The second kappa shape index (κ2) is 7.98. The summed E-state index contributed by atoms with van der Waals surface area (Å²) in [6, 6.07) is 4.98. The van der Waals surface area contributed by atoms with Crippen LogP contribution in [0.15, 0.2) is 23.1 Å². The maximum atomic E-state index is 12.5. The standard InChI is InChI=1S/C17H26N2O4S/c1-4-14-7-5-6-10-19(14)17(20)12-18-24(21,22)16-9-8-15(23-3)11-13(16)2/h8-9,11,14,18H,4-7,10,12H2,1-3H3. The van der Waals surface area contributed by atoms with E-state index in [2.05, 4.69) is 11.6 Å². The van der Waals surface area contributed by atoms with Crippen molar-refractivity contribution in [2.45, 2.75) is 50.5 Å². The van der Waals surface area contributed by atoms with Crippen molar-refractivity contribution in [1.82, 2.24) is 9.62 Å². The molecule has 1 saturated heterocycles. The molecule has 134 valence electrons. The fourth-order valence-corrected chi connectivity index (χ4v) is 4.34. The number of rotatable bonds is 6. The second-order valence-corrected chi connectivity index (χ2v) is 7.84. The number of hydrogen-bond donors (Lipinski definition) is 1. The van der Waals surface area contributed by atoms with Crippen LogP contribution in [0.4, 0.5) is 0 Å². The van der Waals surface area contributed by atoms with Crippen molar-refractivity contribution in [3.8, 4) is 5.75 Å². The van der Waals surface area contributed by atoms with Crippen LogP contribution in [0.2, 0.25) is 0 Å². The molecule has 0 aliphatic carbocycles. The summed E-state index contributed by atoms with van der Waals surface area (Å²) in [4.78, 5) is 14.4. The molecule has 1 aliphatic heterocycles. The average Bonchev–Trinajstić information content (AvgIpc) is 2.59. The molecule has 1 heterocycles. The Kier molecular flexibility index (Phi) is 6.23. The predicted octanol–water partition coefficient (Wildman–Crippen LogP) is 2.07. The molecule has 0 bridgehead atoms. The van der Waals surface area contributed by atoms with Gasteiger partial charge in [-0.15, -0.1) is 0 Å². The van der Waals surface area contributed by atoms with Crippen LogP contribution in [0.1, 0.15) is 38.2 Å². The van der Waals surface area contributed by atoms with Crippen molar-refractivity contribution in [2.75, 3.05) is 20.2 Å². The maximum Gasteiger partial charge on any atom is 0.241 e. The van der Waals surface area contributed by atoms with Crippen molar-refractivity contribution >= 4 is 15.9 Å². The van der Waals surface area contributed by atoms with Gasteiger partial charge in [0.05, 0.1) is 18.6 Å². The molecule has 1 aromatic rings. The number of piperidine rings is 1. The van der Waals surface area contributed by atoms with E-state index < -0.39 is 10.0 Å². The molecule has 1 atom stereocenters. The molecule has 0 radical (unpaired) electrons. The Bertz CT molecular complexity index is 688. The summed E-state index contributed by atoms with van der Waals surface area (Å²) in [5.74, 6) is 0.443. The molecule has 7 heteroatoms. The number of nitrogens with zero attached hydrogens (tertiary/aromatic N) is 1. The van der Waals surface area contributed by atoms with Gasteiger partial charge in [-0.2, -0.15) is 0 Å². The molecule has 0 aromatic heterocycles. The number of methoxy groups -OCH3 is 1. The quantitative estimate of drug-likeness (QED) is 0.848. The molecule has 0 spiro atoms. The largest absolute Gasteiger partial charge is 0.497 e. The monoisotopic (exact) mass is 354 g/mol. The van der Waals surface area contributed by atoms with E-state index in [1.807, 2.05) is 4.90 Å². The highest BCUT2D eigenvalue weighted by Gasteiger charge is 2.26. The van der Waals surface area contributed by atoms with E-state index in [0.717, 1.165) is 25.7 Å². The molecule has 1 N–H and O–H groups in total. The number of likely N-dealkylation sites (tertiary alicyclic amines) is 1. The summed E-state index contributed by atoms with van der Waals surface area (Å²) in [7, 11) is -2.20. The maximum absolute atomic E-state index is 12.5. The molecular weight excluding hydrogens is 328 g/mol. The van der Waals surface area contributed by atoms with Crippen LogP contribution in [0.25, 0.3) is 0 Å². The predicted molar refractivity (Wildman–Crippen MR) is 92.6 cm³/mol. The first-order chi connectivity index (χ1) is 11.4. The molecule has 2 rings (SSSR count). The average molecular weight is 354 g/mol. The third-order valence-corrected chi connectivity index (χ3v) is 6.07. The smallest absolute Gasteiger partial charge is 0.241 e. The lowest BCUT2D eigenvalue weighted by molar-refractivity contribution is -0.133. The van der Waals surface area contributed by atoms with Gasteiger partial charge >= 0.3 is 0 Å². The zero-order valence-electron chi connectivity index (χ0n) is 14.5. The summed E-state index contributed by atoms with van der Waals surface area (Å²) in [6.45, 7) is 4.27. The Morgan fingerprint density at radius 3 is 2.75 bits per heavy atom. The fourth-order valence-electron chi connectivity index (χ4n) is 3.14. The third kappa shape index (κ3) is 4.27. The van der Waals surface area contributed by atoms with Crippen LogP contribution in [0.3, 0.4) is 0 Å². The van der Waals surface area contributed by atoms with Gasteiger partial charge in [-0.05, 0) is 56.4 Å². The molecular formula is C17H26N2O4S. The van der Waals surface area contributed by atoms with Gasteiger partial charge in [0.1, 0.15) is 5.75 Å². The molecule has 0 saturated carbocycles. The van der Waals surface area contributed by atoms with Crippen molar-refractivity contribution in [3.05, 3.63) is 23.8 Å². The van der Waals surface area contributed by atoms with Crippen LogP contribution in [0.5, 0.6) is 5.75 Å². The molecule has 1 unspecified atom stereocenters. The Morgan fingerprint density at radius 2 is 2.12 bits per heavy atom. The zero-order chi connectivity index (χ0) is 17.7. The molecule has 6 nitrogen and oxygen atoms in total. The van der Waals surface area contributed by atoms with Crippen molar-refractivity contribution in [2.24, 2.45) is 0 Å². The summed E-state index contributed by atoms with van der Waals surface area (Å²) in [5, 5.41) is 0. The summed E-state index contributed by atoms with van der Waals surface area (Å²) >= 11 is 0. The van der Waals surface area contributed by atoms with Crippen molar-refractivity contribution < 1.29 is 17.9 Å². The molecule has 1 aliphatic rings. The first kappa shape index (κ1) is 18.7. The lowest BCUT2D eigenvalue weighted by atomic mass is 10.00. The number of amides is 1. The highest BCUT2D eigenvalue weighted by Crippen LogP contribution is 2.22. The fraction of sp³-hybridized carbons (Fsp3) is 0.588. The van der Waals surface area contributed by atoms with E-state index in [1.165, 1.54) is 13.2 Å². The van der Waals surface area contributed by atoms with E-state index in [9.17, 15) is 13.2 Å². The van der Waals surface area contributed by atoms with E-state index in [1.54, 1.807) is 19.1 Å². The van der Waals surface area contributed by atoms with Crippen molar-refractivity contribution in [3.63, 3.8) is 0 Å². The summed E-state index contributed by atoms with van der Waals surface area (Å²) < 4.78 is 32.5. The van der Waals surface area contributed by atoms with Gasteiger partial charge in [-0.3, -0.25) is 4.79 Å². The third-order valence-electron chi connectivity index (χ3n) is 4.50. The van der Waals surface area contributed by atoms with Gasteiger partial charge in [0.15, 0.2) is 0 Å². The van der Waals surface area contributed by atoms with Gasteiger partial charge in [-0.1, -0.05) is 6.92 Å². The Balaban J connectivity index is 2.05. The number of nitrogens with one attached hydrogen (secondary N) is 1. The lowest BCUT2D eigenvalue weighted by Gasteiger charge is -2.35. The molecule has 1 fully saturated rings. The Morgan fingerprint density at radius 1 is 1.38 bits per heavy atom. The number of hydrogen-bond acceptors (Lipinski definition) is 4. The number of ether oxygens (including phenoxy) is 1. The number of benzene rings is 1. The molecule has 1 aromatic carbocycles. The van der Waals surface area contributed by atoms with Crippen LogP contribution in [-0.4, -0.2) is 45.5 Å². The van der Waals surface area contributed by atoms with E-state index in [-0.39, 0.29) is 23.4 Å². The van der Waals surface area contributed by atoms with Gasteiger partial charge in [0, 0.05) is 12.6 Å². The minimum absolute atomic E-state index is 0.156. The van der Waals surface area contributed by atoms with Crippen LogP contribution in [0, 0.1) is 6.92 Å². The highest BCUT2D eigenvalue weighted by molar-refractivity contribution is 7.89. The van der Waals surface area contributed by atoms with Gasteiger partial charge < -0.3 is 9.64 Å². The zero-order valence-corrected chi connectivity index (χ0v) is 15.4. The highest BCUT2D eigenvalue weighted by atomic mass is 32.2. The topological polar surface area (TPSA) is 75.7 Å². The van der Waals surface area contributed by atoms with E-state index in [0.29, 0.717) is 17.9 Å². The Labute approximate surface area is 144 Å². The van der Waals surface area contributed by atoms with Gasteiger partial charge in [0.2, 0.25) is 15.9 Å². The number of carbonyl (C=O) groups is 1.